The van der Waals surface area contributed by atoms with E-state index >= 15 is 0 Å². The zero-order chi connectivity index (χ0) is 13.4. The average molecular weight is 257 g/mol. The summed E-state index contributed by atoms with van der Waals surface area (Å²) in [6.45, 7) is 24.3. The molecule has 0 spiro atoms. The predicted octanol–water partition coefficient (Wildman–Crippen LogP) is 5.78. The van der Waals surface area contributed by atoms with E-state index < -0.39 is 16.1 Å². The lowest BCUT2D eigenvalue weighted by atomic mass is 10.1. The van der Waals surface area contributed by atoms with Crippen LogP contribution in [0.15, 0.2) is 12.2 Å². The molecular formula is C14H32Si2. The summed E-state index contributed by atoms with van der Waals surface area (Å²) in [5.41, 5.74) is 0. The van der Waals surface area contributed by atoms with Crippen molar-refractivity contribution in [1.29, 1.82) is 0 Å². The number of rotatable bonds is 4. The lowest BCUT2D eigenvalue weighted by Crippen LogP contribution is -2.36. The van der Waals surface area contributed by atoms with Gasteiger partial charge in [0.25, 0.3) is 0 Å². The van der Waals surface area contributed by atoms with Gasteiger partial charge in [-0.2, -0.15) is 0 Å². The lowest BCUT2D eigenvalue weighted by molar-refractivity contribution is 0.764. The van der Waals surface area contributed by atoms with Gasteiger partial charge < -0.3 is 0 Å². The Balaban J connectivity index is 5.01. The molecule has 16 heavy (non-hydrogen) atoms. The minimum absolute atomic E-state index is 0.393. The summed E-state index contributed by atoms with van der Waals surface area (Å²) in [5, 5.41) is 0.786. The van der Waals surface area contributed by atoms with Crippen LogP contribution in [0.1, 0.15) is 27.7 Å². The highest BCUT2D eigenvalue weighted by molar-refractivity contribution is 6.80. The Morgan fingerprint density at radius 3 is 0.875 bits per heavy atom. The van der Waals surface area contributed by atoms with Crippen LogP contribution in [0.4, 0.5) is 0 Å². The van der Waals surface area contributed by atoms with E-state index in [1.54, 1.807) is 0 Å². The second-order valence-electron chi connectivity index (χ2n) is 8.28. The van der Waals surface area contributed by atoms with E-state index in [0.717, 1.165) is 0 Å². The first-order valence-corrected chi connectivity index (χ1v) is 13.4. The fourth-order valence-electron chi connectivity index (χ4n) is 0.917. The summed E-state index contributed by atoms with van der Waals surface area (Å²) in [6.07, 6.45) is 4.99. The average Bonchev–Trinajstić information content (AvgIpc) is 1.97. The summed E-state index contributed by atoms with van der Waals surface area (Å²) in [7, 11) is -2.23. The molecule has 0 atom stereocenters. The van der Waals surface area contributed by atoms with Gasteiger partial charge in [0.15, 0.2) is 0 Å². The molecule has 0 aliphatic rings. The Bertz CT molecular complexity index is 231. The molecule has 0 aliphatic heterocycles. The Labute approximate surface area is 106 Å². The number of allylic oxidation sites excluding steroid dienone is 2. The van der Waals surface area contributed by atoms with Crippen LogP contribution in [0.2, 0.25) is 49.4 Å². The molecule has 0 nitrogen and oxygen atoms in total. The van der Waals surface area contributed by atoms with Crippen molar-refractivity contribution in [1.82, 2.24) is 0 Å². The van der Waals surface area contributed by atoms with Crippen LogP contribution in [0, 0.1) is 0 Å². The normalized spacial score (nSPS) is 15.9. The third-order valence-electron chi connectivity index (χ3n) is 4.78. The van der Waals surface area contributed by atoms with Crippen LogP contribution in [0.3, 0.4) is 0 Å². The van der Waals surface area contributed by atoms with Crippen LogP contribution < -0.4 is 0 Å². The van der Waals surface area contributed by atoms with E-state index in [2.05, 4.69) is 79.1 Å². The smallest absolute Gasteiger partial charge is 0.0542 e. The van der Waals surface area contributed by atoms with E-state index in [0.29, 0.717) is 10.1 Å². The molecule has 0 aromatic heterocycles. The number of hydrogen-bond donors (Lipinski definition) is 0. The van der Waals surface area contributed by atoms with Gasteiger partial charge in [-0.25, -0.2) is 0 Å². The van der Waals surface area contributed by atoms with Gasteiger partial charge in [-0.15, -0.1) is 0 Å². The van der Waals surface area contributed by atoms with Crippen molar-refractivity contribution < 1.29 is 0 Å². The van der Waals surface area contributed by atoms with Crippen LogP contribution >= 0.6 is 0 Å². The fraction of sp³-hybridized carbons (Fsp3) is 0.857. The maximum Gasteiger partial charge on any atom is 0.0542 e. The zero-order valence-electron chi connectivity index (χ0n) is 13.2. The molecule has 2 heteroatoms. The van der Waals surface area contributed by atoms with Crippen LogP contribution in [0.25, 0.3) is 0 Å². The molecule has 0 N–H and O–H groups in total. The quantitative estimate of drug-likeness (QED) is 0.442. The van der Waals surface area contributed by atoms with Crippen LogP contribution in [0.5, 0.6) is 0 Å². The first-order chi connectivity index (χ1) is 6.71. The standard InChI is InChI=1S/C14H32Si2/c1-13(2,15(5,6)7)11-12-14(3,4)16(8,9)10/h11-12H,1-10H3. The largest absolute Gasteiger partial charge is 0.0853 e. The van der Waals surface area contributed by atoms with E-state index in [1.807, 2.05) is 0 Å². The van der Waals surface area contributed by atoms with Crippen molar-refractivity contribution in [3.63, 3.8) is 0 Å². The fourth-order valence-corrected chi connectivity index (χ4v) is 2.08. The Morgan fingerprint density at radius 2 is 0.750 bits per heavy atom. The minimum Gasteiger partial charge on any atom is -0.0853 e. The molecule has 96 valence electrons. The lowest BCUT2D eigenvalue weighted by Gasteiger charge is -2.38. The first-order valence-electron chi connectivity index (χ1n) is 6.41. The first kappa shape index (κ1) is 16.2. The zero-order valence-corrected chi connectivity index (χ0v) is 15.2. The summed E-state index contributed by atoms with van der Waals surface area (Å²) < 4.78 is 0. The van der Waals surface area contributed by atoms with Crippen molar-refractivity contribution in [2.75, 3.05) is 0 Å². The molecule has 0 unspecified atom stereocenters. The predicted molar refractivity (Wildman–Crippen MR) is 83.9 cm³/mol. The third-order valence-corrected chi connectivity index (χ3v) is 12.8. The molecule has 0 aromatic rings. The minimum atomic E-state index is -1.12. The van der Waals surface area contributed by atoms with E-state index in [-0.39, 0.29) is 0 Å². The van der Waals surface area contributed by atoms with Gasteiger partial charge in [-0.1, -0.05) is 79.1 Å². The van der Waals surface area contributed by atoms with Gasteiger partial charge in [0, 0.05) is 0 Å². The van der Waals surface area contributed by atoms with Gasteiger partial charge in [-0.05, 0) is 10.1 Å². The topological polar surface area (TPSA) is 0 Å². The Kier molecular flexibility index (Phi) is 4.50. The second kappa shape index (κ2) is 4.45. The van der Waals surface area contributed by atoms with Gasteiger partial charge in [0.05, 0.1) is 16.1 Å². The van der Waals surface area contributed by atoms with Crippen LogP contribution in [-0.4, -0.2) is 16.1 Å². The van der Waals surface area contributed by atoms with Crippen LogP contribution in [-0.2, 0) is 0 Å². The van der Waals surface area contributed by atoms with Crippen molar-refractivity contribution in [2.24, 2.45) is 0 Å². The summed E-state index contributed by atoms with van der Waals surface area (Å²) in [6, 6.07) is 0. The molecule has 0 fully saturated rings. The molecule has 0 aliphatic carbocycles. The van der Waals surface area contributed by atoms with Gasteiger partial charge in [-0.3, -0.25) is 0 Å². The highest BCUT2D eigenvalue weighted by Gasteiger charge is 2.35. The molecule has 0 radical (unpaired) electrons. The molecule has 0 heterocycles. The molecule has 0 aromatic carbocycles. The summed E-state index contributed by atoms with van der Waals surface area (Å²) in [4.78, 5) is 0. The SMILES string of the molecule is CC(C)(C=CC(C)(C)[Si](C)(C)C)[Si](C)(C)C. The van der Waals surface area contributed by atoms with E-state index in [4.69, 9.17) is 0 Å². The highest BCUT2D eigenvalue weighted by atomic mass is 28.3. The third kappa shape index (κ3) is 3.88. The molecule has 0 saturated heterocycles. The maximum atomic E-state index is 2.50. The molecule has 0 amide bonds. The Morgan fingerprint density at radius 1 is 0.562 bits per heavy atom. The maximum absolute atomic E-state index is 2.50. The van der Waals surface area contributed by atoms with Crippen molar-refractivity contribution in [3.8, 4) is 0 Å². The summed E-state index contributed by atoms with van der Waals surface area (Å²) >= 11 is 0. The molecule has 0 rings (SSSR count). The number of hydrogen-bond acceptors (Lipinski definition) is 0. The summed E-state index contributed by atoms with van der Waals surface area (Å²) in [5.74, 6) is 0. The molecule has 0 bridgehead atoms. The molecular weight excluding hydrogens is 224 g/mol. The van der Waals surface area contributed by atoms with Gasteiger partial charge in [0.1, 0.15) is 0 Å². The van der Waals surface area contributed by atoms with Crippen molar-refractivity contribution >= 4 is 16.1 Å². The Hall–Kier alpha value is 0.174. The van der Waals surface area contributed by atoms with Gasteiger partial charge >= 0.3 is 0 Å². The van der Waals surface area contributed by atoms with E-state index in [1.165, 1.54) is 0 Å². The highest BCUT2D eigenvalue weighted by Crippen LogP contribution is 2.43. The van der Waals surface area contributed by atoms with E-state index in [9.17, 15) is 0 Å². The monoisotopic (exact) mass is 256 g/mol. The second-order valence-corrected chi connectivity index (χ2v) is 19.9. The van der Waals surface area contributed by atoms with Crippen molar-refractivity contribution in [3.05, 3.63) is 12.2 Å². The van der Waals surface area contributed by atoms with Crippen molar-refractivity contribution in [2.45, 2.75) is 77.1 Å². The molecule has 0 saturated carbocycles. The van der Waals surface area contributed by atoms with Gasteiger partial charge in [0.2, 0.25) is 0 Å².